The Bertz CT molecular complexity index is 505. The molecule has 6 nitrogen and oxygen atoms in total. The van der Waals surface area contributed by atoms with Crippen molar-refractivity contribution in [3.8, 4) is 0 Å². The van der Waals surface area contributed by atoms with Crippen LogP contribution in [-0.2, 0) is 16.1 Å². The highest BCUT2D eigenvalue weighted by Crippen LogP contribution is 2.20. The average Bonchev–Trinajstić information content (AvgIpc) is 2.43. The smallest absolute Gasteiger partial charge is 0.407 e. The number of alkyl carbamates (subject to hydrolysis) is 1. The van der Waals surface area contributed by atoms with Gasteiger partial charge in [0.2, 0.25) is 11.8 Å². The second kappa shape index (κ2) is 7.69. The number of hydrogen-bond acceptors (Lipinski definition) is 4. The van der Waals surface area contributed by atoms with Gasteiger partial charge in [-0.3, -0.25) is 4.79 Å². The molecule has 1 aromatic rings. The first-order chi connectivity index (χ1) is 10.2. The van der Waals surface area contributed by atoms with Crippen molar-refractivity contribution in [2.24, 2.45) is 5.73 Å². The molecule has 4 N–H and O–H groups in total. The zero-order valence-electron chi connectivity index (χ0n) is 12.0. The number of carbonyl (C=O) groups is 2. The summed E-state index contributed by atoms with van der Waals surface area (Å²) in [5.74, 6) is -4.41. The van der Waals surface area contributed by atoms with Crippen molar-refractivity contribution >= 4 is 12.0 Å². The zero-order chi connectivity index (χ0) is 16.8. The number of nitrogens with two attached hydrogens (primary N) is 1. The molecule has 0 aliphatic rings. The molecule has 2 amide bonds. The fourth-order valence-electron chi connectivity index (χ4n) is 1.74. The third kappa shape index (κ3) is 6.49. The molecule has 0 fully saturated rings. The number of aliphatic hydroxyl groups excluding tert-OH is 1. The van der Waals surface area contributed by atoms with Crippen LogP contribution in [0.25, 0.3) is 0 Å². The molecule has 8 heteroatoms. The number of benzene rings is 1. The molecule has 1 rings (SSSR count). The zero-order valence-corrected chi connectivity index (χ0v) is 12.0. The molecule has 122 valence electrons. The lowest BCUT2D eigenvalue weighted by molar-refractivity contribution is -0.128. The van der Waals surface area contributed by atoms with Crippen LogP contribution in [0.2, 0.25) is 0 Å². The van der Waals surface area contributed by atoms with E-state index < -0.39 is 36.5 Å². The van der Waals surface area contributed by atoms with Crippen molar-refractivity contribution in [2.45, 2.75) is 38.0 Å². The summed E-state index contributed by atoms with van der Waals surface area (Å²) in [6, 6.07) is 7.15. The number of primary amides is 1. The first-order valence-electron chi connectivity index (χ1n) is 6.51. The summed E-state index contributed by atoms with van der Waals surface area (Å²) in [6.45, 7) is 0.527. The van der Waals surface area contributed by atoms with Crippen LogP contribution in [0.4, 0.5) is 13.6 Å². The summed E-state index contributed by atoms with van der Waals surface area (Å²) in [7, 11) is 0. The van der Waals surface area contributed by atoms with Gasteiger partial charge in [0.15, 0.2) is 6.10 Å². The van der Waals surface area contributed by atoms with Crippen molar-refractivity contribution in [1.29, 1.82) is 0 Å². The molecule has 22 heavy (non-hydrogen) atoms. The highest BCUT2D eigenvalue weighted by atomic mass is 19.3. The maximum Gasteiger partial charge on any atom is 0.407 e. The molecule has 0 aromatic heterocycles. The SMILES string of the molecule is CC(F)(F)CC(NC(=O)OCc1ccccc1)C(O)C(N)=O. The van der Waals surface area contributed by atoms with E-state index in [1.807, 2.05) is 5.32 Å². The van der Waals surface area contributed by atoms with E-state index in [0.717, 1.165) is 0 Å². The van der Waals surface area contributed by atoms with E-state index in [-0.39, 0.29) is 6.61 Å². The summed E-state index contributed by atoms with van der Waals surface area (Å²) in [6.07, 6.45) is -3.91. The molecule has 0 saturated heterocycles. The van der Waals surface area contributed by atoms with E-state index >= 15 is 0 Å². The Morgan fingerprint density at radius 1 is 1.36 bits per heavy atom. The number of amides is 2. The van der Waals surface area contributed by atoms with E-state index in [4.69, 9.17) is 10.5 Å². The molecule has 0 saturated carbocycles. The third-order valence-electron chi connectivity index (χ3n) is 2.77. The largest absolute Gasteiger partial charge is 0.445 e. The number of hydrogen-bond donors (Lipinski definition) is 3. The van der Waals surface area contributed by atoms with Gasteiger partial charge in [0.05, 0.1) is 6.04 Å². The van der Waals surface area contributed by atoms with Crippen molar-refractivity contribution in [2.75, 3.05) is 0 Å². The predicted octanol–water partition coefficient (Wildman–Crippen LogP) is 1.17. The third-order valence-corrected chi connectivity index (χ3v) is 2.77. The van der Waals surface area contributed by atoms with Gasteiger partial charge in [0, 0.05) is 6.42 Å². The van der Waals surface area contributed by atoms with Crippen molar-refractivity contribution in [1.82, 2.24) is 5.32 Å². The van der Waals surface area contributed by atoms with Gasteiger partial charge in [-0.25, -0.2) is 13.6 Å². The Kier molecular flexibility index (Phi) is 6.24. The molecule has 0 aliphatic heterocycles. The Hall–Kier alpha value is -2.22. The summed E-state index contributed by atoms with van der Waals surface area (Å²) in [5, 5.41) is 11.5. The Labute approximate surface area is 126 Å². The van der Waals surface area contributed by atoms with Gasteiger partial charge in [0.1, 0.15) is 6.61 Å². The van der Waals surface area contributed by atoms with Crippen LogP contribution >= 0.6 is 0 Å². The van der Waals surface area contributed by atoms with Crippen molar-refractivity contribution in [3.63, 3.8) is 0 Å². The molecule has 0 heterocycles. The Morgan fingerprint density at radius 2 is 1.95 bits per heavy atom. The Morgan fingerprint density at radius 3 is 2.45 bits per heavy atom. The van der Waals surface area contributed by atoms with E-state index in [1.54, 1.807) is 30.3 Å². The lowest BCUT2D eigenvalue weighted by Gasteiger charge is -2.24. The van der Waals surface area contributed by atoms with Crippen LogP contribution in [0.3, 0.4) is 0 Å². The van der Waals surface area contributed by atoms with Crippen molar-refractivity contribution < 1.29 is 28.2 Å². The first kappa shape index (κ1) is 17.8. The van der Waals surface area contributed by atoms with Crippen LogP contribution in [-0.4, -0.2) is 35.2 Å². The topological polar surface area (TPSA) is 102 Å². The minimum atomic E-state index is -3.20. The quantitative estimate of drug-likeness (QED) is 0.703. The lowest BCUT2D eigenvalue weighted by atomic mass is 10.0. The number of halogens is 2. The highest BCUT2D eigenvalue weighted by molar-refractivity contribution is 5.80. The maximum atomic E-state index is 13.0. The van der Waals surface area contributed by atoms with Gasteiger partial charge in [-0.15, -0.1) is 0 Å². The van der Waals surface area contributed by atoms with E-state index in [0.29, 0.717) is 12.5 Å². The second-order valence-electron chi connectivity index (χ2n) is 4.93. The van der Waals surface area contributed by atoms with E-state index in [9.17, 15) is 23.5 Å². The number of ether oxygens (including phenoxy) is 1. The summed E-state index contributed by atoms with van der Waals surface area (Å²) in [4.78, 5) is 22.5. The maximum absolute atomic E-state index is 13.0. The van der Waals surface area contributed by atoms with Crippen molar-refractivity contribution in [3.05, 3.63) is 35.9 Å². The molecule has 2 unspecified atom stereocenters. The molecule has 0 spiro atoms. The minimum Gasteiger partial charge on any atom is -0.445 e. The molecular weight excluding hydrogens is 298 g/mol. The Balaban J connectivity index is 2.60. The summed E-state index contributed by atoms with van der Waals surface area (Å²) >= 11 is 0. The van der Waals surface area contributed by atoms with Gasteiger partial charge in [-0.2, -0.15) is 0 Å². The number of carbonyl (C=O) groups excluding carboxylic acids is 2. The normalized spacial score (nSPS) is 14.0. The van der Waals surface area contributed by atoms with Gasteiger partial charge in [0.25, 0.3) is 0 Å². The van der Waals surface area contributed by atoms with Gasteiger partial charge < -0.3 is 20.9 Å². The molecule has 2 atom stereocenters. The molecule has 1 aromatic carbocycles. The predicted molar refractivity (Wildman–Crippen MR) is 74.0 cm³/mol. The van der Waals surface area contributed by atoms with Crippen LogP contribution in [0.1, 0.15) is 18.9 Å². The van der Waals surface area contributed by atoms with Crippen LogP contribution in [0.5, 0.6) is 0 Å². The standard InChI is InChI=1S/C14H18F2N2O4/c1-14(15,16)7-10(11(19)12(17)20)18-13(21)22-8-9-5-3-2-4-6-9/h2-6,10-11,19H,7-8H2,1H3,(H2,17,20)(H,18,21). The number of nitrogens with one attached hydrogen (secondary N) is 1. The van der Waals surface area contributed by atoms with Crippen LogP contribution in [0, 0.1) is 0 Å². The second-order valence-corrected chi connectivity index (χ2v) is 4.93. The first-order valence-corrected chi connectivity index (χ1v) is 6.51. The van der Waals surface area contributed by atoms with Gasteiger partial charge in [-0.05, 0) is 12.5 Å². The number of rotatable bonds is 7. The average molecular weight is 316 g/mol. The molecule has 0 aliphatic carbocycles. The number of alkyl halides is 2. The monoisotopic (exact) mass is 316 g/mol. The van der Waals surface area contributed by atoms with Gasteiger partial charge in [-0.1, -0.05) is 30.3 Å². The van der Waals surface area contributed by atoms with E-state index in [2.05, 4.69) is 0 Å². The van der Waals surface area contributed by atoms with E-state index in [1.165, 1.54) is 0 Å². The van der Waals surface area contributed by atoms with Crippen LogP contribution < -0.4 is 11.1 Å². The minimum absolute atomic E-state index is 0.0748. The fraction of sp³-hybridized carbons (Fsp3) is 0.429. The fourth-order valence-corrected chi connectivity index (χ4v) is 1.74. The summed E-state index contributed by atoms with van der Waals surface area (Å²) < 4.78 is 30.9. The molecule has 0 bridgehead atoms. The lowest BCUT2D eigenvalue weighted by Crippen LogP contribution is -2.51. The highest BCUT2D eigenvalue weighted by Gasteiger charge is 2.34. The van der Waals surface area contributed by atoms with Gasteiger partial charge >= 0.3 is 6.09 Å². The molecular formula is C14H18F2N2O4. The molecule has 0 radical (unpaired) electrons. The summed E-state index contributed by atoms with van der Waals surface area (Å²) in [5.41, 5.74) is 5.57. The van der Waals surface area contributed by atoms with Crippen LogP contribution in [0.15, 0.2) is 30.3 Å². The number of aliphatic hydroxyl groups is 1.